The van der Waals surface area contributed by atoms with Crippen LogP contribution < -0.4 is 5.73 Å². The Morgan fingerprint density at radius 2 is 2.36 bits per heavy atom. The Hall–Kier alpha value is -1.42. The molecular weight excluding hydrogens is 181 g/mol. The van der Waals surface area contributed by atoms with Gasteiger partial charge in [0.05, 0.1) is 5.69 Å². The maximum atomic E-state index is 13.4. The van der Waals surface area contributed by atoms with Gasteiger partial charge >= 0.3 is 0 Å². The van der Waals surface area contributed by atoms with Gasteiger partial charge in [-0.15, -0.1) is 0 Å². The van der Waals surface area contributed by atoms with Crippen LogP contribution in [0.25, 0.3) is 5.65 Å². The predicted molar refractivity (Wildman–Crippen MR) is 52.7 cm³/mol. The predicted octanol–water partition coefficient (Wildman–Crippen LogP) is 1.69. The van der Waals surface area contributed by atoms with Gasteiger partial charge in [0, 0.05) is 12.4 Å². The fourth-order valence-electron chi connectivity index (χ4n) is 1.40. The smallest absolute Gasteiger partial charge is 0.145 e. The quantitative estimate of drug-likeness (QED) is 0.806. The van der Waals surface area contributed by atoms with Crippen molar-refractivity contribution in [2.24, 2.45) is 5.73 Å². The monoisotopic (exact) mass is 193 g/mol. The summed E-state index contributed by atoms with van der Waals surface area (Å²) in [5.41, 5.74) is 6.51. The molecule has 14 heavy (non-hydrogen) atoms. The van der Waals surface area contributed by atoms with Crippen molar-refractivity contribution in [1.29, 1.82) is 0 Å². The molecule has 74 valence electrons. The SMILES string of the molecule is NCCC(F)c1cn2ccccc2n1. The van der Waals surface area contributed by atoms with Crippen molar-refractivity contribution in [1.82, 2.24) is 9.38 Å². The molecule has 0 bridgehead atoms. The highest BCUT2D eigenvalue weighted by atomic mass is 19.1. The van der Waals surface area contributed by atoms with Crippen molar-refractivity contribution in [2.45, 2.75) is 12.6 Å². The van der Waals surface area contributed by atoms with E-state index in [0.717, 1.165) is 5.65 Å². The molecule has 0 saturated heterocycles. The normalized spacial score (nSPS) is 13.3. The summed E-state index contributed by atoms with van der Waals surface area (Å²) in [6.07, 6.45) is 2.82. The van der Waals surface area contributed by atoms with Crippen LogP contribution in [-0.2, 0) is 0 Å². The van der Waals surface area contributed by atoms with Crippen LogP contribution >= 0.6 is 0 Å². The van der Waals surface area contributed by atoms with Gasteiger partial charge in [0.15, 0.2) is 0 Å². The van der Waals surface area contributed by atoms with Gasteiger partial charge in [0.25, 0.3) is 0 Å². The van der Waals surface area contributed by atoms with Gasteiger partial charge in [0.1, 0.15) is 11.8 Å². The first-order valence-electron chi connectivity index (χ1n) is 4.59. The fraction of sp³-hybridized carbons (Fsp3) is 0.300. The van der Waals surface area contributed by atoms with Crippen LogP contribution in [0.5, 0.6) is 0 Å². The first-order valence-corrected chi connectivity index (χ1v) is 4.59. The molecule has 2 aromatic rings. The van der Waals surface area contributed by atoms with Crippen LogP contribution in [0.4, 0.5) is 4.39 Å². The zero-order valence-corrected chi connectivity index (χ0v) is 7.73. The zero-order chi connectivity index (χ0) is 9.97. The number of aromatic nitrogens is 2. The molecule has 0 aliphatic rings. The summed E-state index contributed by atoms with van der Waals surface area (Å²) in [7, 11) is 0. The standard InChI is InChI=1S/C10H12FN3/c11-8(4-5-12)9-7-14-6-2-1-3-10(14)13-9/h1-3,6-8H,4-5,12H2. The van der Waals surface area contributed by atoms with Gasteiger partial charge in [-0.3, -0.25) is 0 Å². The maximum Gasteiger partial charge on any atom is 0.145 e. The molecule has 1 unspecified atom stereocenters. The molecule has 1 atom stereocenters. The number of halogens is 1. The number of fused-ring (bicyclic) bond motifs is 1. The van der Waals surface area contributed by atoms with Gasteiger partial charge in [-0.1, -0.05) is 6.07 Å². The molecule has 0 saturated carbocycles. The first kappa shape index (κ1) is 9.15. The Bertz CT molecular complexity index is 391. The lowest BCUT2D eigenvalue weighted by Gasteiger charge is -2.00. The van der Waals surface area contributed by atoms with Crippen molar-refractivity contribution in [2.75, 3.05) is 6.54 Å². The third kappa shape index (κ3) is 1.61. The average Bonchev–Trinajstić information content (AvgIpc) is 2.61. The van der Waals surface area contributed by atoms with E-state index < -0.39 is 6.17 Å². The second-order valence-corrected chi connectivity index (χ2v) is 3.18. The Kier molecular flexibility index (Phi) is 2.45. The van der Waals surface area contributed by atoms with E-state index in [2.05, 4.69) is 4.98 Å². The Labute approximate surface area is 81.4 Å². The highest BCUT2D eigenvalue weighted by molar-refractivity contribution is 5.39. The molecule has 0 fully saturated rings. The molecule has 2 N–H and O–H groups in total. The molecular formula is C10H12FN3. The summed E-state index contributed by atoms with van der Waals surface area (Å²) in [6.45, 7) is 0.342. The third-order valence-electron chi connectivity index (χ3n) is 2.12. The zero-order valence-electron chi connectivity index (χ0n) is 7.73. The summed E-state index contributed by atoms with van der Waals surface area (Å²) < 4.78 is 15.2. The molecule has 4 heteroatoms. The molecule has 2 aromatic heterocycles. The minimum Gasteiger partial charge on any atom is -0.330 e. The van der Waals surface area contributed by atoms with Gasteiger partial charge in [0.2, 0.25) is 0 Å². The Morgan fingerprint density at radius 1 is 1.50 bits per heavy atom. The van der Waals surface area contributed by atoms with Crippen molar-refractivity contribution >= 4 is 5.65 Å². The van der Waals surface area contributed by atoms with E-state index in [1.807, 2.05) is 24.4 Å². The lowest BCUT2D eigenvalue weighted by Crippen LogP contribution is -2.03. The molecule has 0 aromatic carbocycles. The molecule has 2 rings (SSSR count). The van der Waals surface area contributed by atoms with E-state index in [1.54, 1.807) is 10.6 Å². The van der Waals surface area contributed by atoms with Crippen molar-refractivity contribution in [3.63, 3.8) is 0 Å². The number of hydrogen-bond acceptors (Lipinski definition) is 2. The number of alkyl halides is 1. The van der Waals surface area contributed by atoms with Crippen LogP contribution in [0.15, 0.2) is 30.6 Å². The van der Waals surface area contributed by atoms with E-state index in [4.69, 9.17) is 5.73 Å². The summed E-state index contributed by atoms with van der Waals surface area (Å²) in [6, 6.07) is 5.61. The number of nitrogens with zero attached hydrogens (tertiary/aromatic N) is 2. The third-order valence-corrected chi connectivity index (χ3v) is 2.12. The van der Waals surface area contributed by atoms with Gasteiger partial charge in [-0.05, 0) is 25.1 Å². The summed E-state index contributed by atoms with van der Waals surface area (Å²) in [4.78, 5) is 4.16. The maximum absolute atomic E-state index is 13.4. The lowest BCUT2D eigenvalue weighted by atomic mass is 10.2. The Morgan fingerprint density at radius 3 is 3.07 bits per heavy atom. The van der Waals surface area contributed by atoms with Crippen LogP contribution in [0.1, 0.15) is 18.3 Å². The van der Waals surface area contributed by atoms with E-state index in [0.29, 0.717) is 18.7 Å². The van der Waals surface area contributed by atoms with Crippen molar-refractivity contribution in [3.05, 3.63) is 36.3 Å². The molecule has 2 heterocycles. The van der Waals surface area contributed by atoms with Crippen LogP contribution in [0.2, 0.25) is 0 Å². The molecule has 0 amide bonds. The number of nitrogens with two attached hydrogens (primary N) is 1. The summed E-state index contributed by atoms with van der Waals surface area (Å²) >= 11 is 0. The van der Waals surface area contributed by atoms with E-state index >= 15 is 0 Å². The number of imidazole rings is 1. The number of hydrogen-bond donors (Lipinski definition) is 1. The summed E-state index contributed by atoms with van der Waals surface area (Å²) in [5, 5.41) is 0. The van der Waals surface area contributed by atoms with Gasteiger partial charge < -0.3 is 10.1 Å². The van der Waals surface area contributed by atoms with E-state index in [9.17, 15) is 4.39 Å². The largest absolute Gasteiger partial charge is 0.330 e. The average molecular weight is 193 g/mol. The van der Waals surface area contributed by atoms with Gasteiger partial charge in [-0.25, -0.2) is 9.37 Å². The highest BCUT2D eigenvalue weighted by Gasteiger charge is 2.12. The second kappa shape index (κ2) is 3.75. The molecule has 0 spiro atoms. The van der Waals surface area contributed by atoms with E-state index in [1.165, 1.54) is 0 Å². The number of rotatable bonds is 3. The van der Waals surface area contributed by atoms with Crippen LogP contribution in [0.3, 0.4) is 0 Å². The molecule has 0 aliphatic carbocycles. The fourth-order valence-corrected chi connectivity index (χ4v) is 1.40. The molecule has 3 nitrogen and oxygen atoms in total. The highest BCUT2D eigenvalue weighted by Crippen LogP contribution is 2.19. The minimum atomic E-state index is -1.06. The summed E-state index contributed by atoms with van der Waals surface area (Å²) in [5.74, 6) is 0. The minimum absolute atomic E-state index is 0.323. The van der Waals surface area contributed by atoms with Gasteiger partial charge in [-0.2, -0.15) is 0 Å². The first-order chi connectivity index (χ1) is 6.81. The molecule has 0 radical (unpaired) electrons. The Balaban J connectivity index is 2.35. The number of pyridine rings is 1. The van der Waals surface area contributed by atoms with Crippen LogP contribution in [-0.4, -0.2) is 15.9 Å². The lowest BCUT2D eigenvalue weighted by molar-refractivity contribution is 0.321. The molecule has 0 aliphatic heterocycles. The second-order valence-electron chi connectivity index (χ2n) is 3.18. The topological polar surface area (TPSA) is 43.3 Å². The van der Waals surface area contributed by atoms with Crippen LogP contribution in [0, 0.1) is 0 Å². The van der Waals surface area contributed by atoms with Crippen molar-refractivity contribution < 1.29 is 4.39 Å². The van der Waals surface area contributed by atoms with E-state index in [-0.39, 0.29) is 0 Å². The van der Waals surface area contributed by atoms with Crippen molar-refractivity contribution in [3.8, 4) is 0 Å².